The average molecular weight is 550 g/mol. The van der Waals surface area contributed by atoms with Gasteiger partial charge in [0.25, 0.3) is 0 Å². The summed E-state index contributed by atoms with van der Waals surface area (Å²) in [7, 11) is 0. The quantitative estimate of drug-likeness (QED) is 0.220. The predicted molar refractivity (Wildman–Crippen MR) is 171 cm³/mol. The summed E-state index contributed by atoms with van der Waals surface area (Å²) in [6, 6.07) is 38.5. The van der Waals surface area contributed by atoms with Gasteiger partial charge in [0.2, 0.25) is 0 Å². The van der Waals surface area contributed by atoms with Crippen molar-refractivity contribution in [2.24, 2.45) is 0 Å². The molecule has 5 aromatic carbocycles. The van der Waals surface area contributed by atoms with E-state index in [1.165, 1.54) is 27.9 Å². The second kappa shape index (κ2) is 8.88. The Bertz CT molecular complexity index is 2240. The van der Waals surface area contributed by atoms with Gasteiger partial charge < -0.3 is 8.98 Å². The number of nitrogens with zero attached hydrogens (tertiary/aromatic N) is 3. The van der Waals surface area contributed by atoms with E-state index in [4.69, 9.17) is 13.8 Å². The normalized spacial score (nSPS) is 12.3. The smallest absolute Gasteiger partial charge is 0.173 e. The third-order valence-electron chi connectivity index (χ3n) is 7.97. The first-order valence-corrected chi connectivity index (χ1v) is 14.6. The molecule has 0 spiro atoms. The lowest BCUT2D eigenvalue weighted by Gasteiger charge is -2.18. The number of hydrogen-bond donors (Lipinski definition) is 0. The third kappa shape index (κ3) is 3.88. The molecule has 198 valence electrons. The van der Waals surface area contributed by atoms with Crippen molar-refractivity contribution in [3.63, 3.8) is 0 Å². The molecule has 0 fully saturated rings. The van der Waals surface area contributed by atoms with Crippen molar-refractivity contribution >= 4 is 55.3 Å². The van der Waals surface area contributed by atoms with Gasteiger partial charge in [0, 0.05) is 38.4 Å². The summed E-state index contributed by atoms with van der Waals surface area (Å²) < 4.78 is 13.2. The Morgan fingerprint density at radius 1 is 0.634 bits per heavy atom. The van der Waals surface area contributed by atoms with Crippen molar-refractivity contribution in [2.45, 2.75) is 26.2 Å². The molecule has 8 aromatic rings. The van der Waals surface area contributed by atoms with Crippen LogP contribution in [-0.2, 0) is 5.41 Å². The molecule has 3 heterocycles. The van der Waals surface area contributed by atoms with Crippen LogP contribution < -0.4 is 0 Å². The zero-order chi connectivity index (χ0) is 27.7. The Kier molecular flexibility index (Phi) is 5.22. The standard InChI is InChI=1S/C36H27N3OS/c1-36(2,3)24-15-12-22(13-16-24)35-37-34(38-41-35)23-14-18-27-26-8-4-6-10-30(26)39(31(27)20-23)25-17-19-33-29(21-25)28-9-5-7-11-32(28)40-33/h4-21H,1-3H3. The summed E-state index contributed by atoms with van der Waals surface area (Å²) in [6.07, 6.45) is 0. The largest absolute Gasteiger partial charge is 0.456 e. The van der Waals surface area contributed by atoms with E-state index in [-0.39, 0.29) is 5.41 Å². The number of hydrogen-bond acceptors (Lipinski definition) is 4. The number of aromatic nitrogens is 3. The fourth-order valence-corrected chi connectivity index (χ4v) is 6.50. The molecule has 5 heteroatoms. The molecule has 0 aliphatic heterocycles. The summed E-state index contributed by atoms with van der Waals surface area (Å²) in [5.74, 6) is 0.750. The fourth-order valence-electron chi connectivity index (χ4n) is 5.81. The van der Waals surface area contributed by atoms with E-state index in [2.05, 4.69) is 122 Å². The highest BCUT2D eigenvalue weighted by molar-refractivity contribution is 7.09. The summed E-state index contributed by atoms with van der Waals surface area (Å²) in [5, 5.41) is 5.59. The first-order valence-electron chi connectivity index (χ1n) is 13.8. The Hall–Kier alpha value is -4.74. The number of para-hydroxylation sites is 2. The molecule has 0 N–H and O–H groups in total. The highest BCUT2D eigenvalue weighted by Crippen LogP contribution is 2.37. The molecule has 0 bridgehead atoms. The molecule has 0 saturated carbocycles. The summed E-state index contributed by atoms with van der Waals surface area (Å²) in [5.41, 5.74) is 8.72. The van der Waals surface area contributed by atoms with Crippen LogP contribution in [-0.4, -0.2) is 13.9 Å². The van der Waals surface area contributed by atoms with Gasteiger partial charge in [0.05, 0.1) is 11.0 Å². The van der Waals surface area contributed by atoms with E-state index in [1.54, 1.807) is 0 Å². The molecule has 8 rings (SSSR count). The van der Waals surface area contributed by atoms with Gasteiger partial charge in [-0.15, -0.1) is 0 Å². The second-order valence-corrected chi connectivity index (χ2v) is 12.4. The lowest BCUT2D eigenvalue weighted by atomic mass is 9.87. The van der Waals surface area contributed by atoms with Gasteiger partial charge >= 0.3 is 0 Å². The maximum Gasteiger partial charge on any atom is 0.173 e. The van der Waals surface area contributed by atoms with Crippen molar-refractivity contribution in [1.82, 2.24) is 13.9 Å². The average Bonchev–Trinajstić information content (AvgIpc) is 3.70. The lowest BCUT2D eigenvalue weighted by Crippen LogP contribution is -2.10. The topological polar surface area (TPSA) is 43.9 Å². The van der Waals surface area contributed by atoms with Gasteiger partial charge in [0.1, 0.15) is 16.2 Å². The Morgan fingerprint density at radius 2 is 1.34 bits per heavy atom. The minimum Gasteiger partial charge on any atom is -0.456 e. The van der Waals surface area contributed by atoms with Crippen molar-refractivity contribution < 1.29 is 4.42 Å². The number of benzene rings is 5. The van der Waals surface area contributed by atoms with E-state index >= 15 is 0 Å². The molecule has 41 heavy (non-hydrogen) atoms. The highest BCUT2D eigenvalue weighted by Gasteiger charge is 2.18. The molecule has 0 radical (unpaired) electrons. The number of rotatable bonds is 3. The van der Waals surface area contributed by atoms with Crippen molar-refractivity contribution in [3.05, 3.63) is 115 Å². The Balaban J connectivity index is 1.27. The van der Waals surface area contributed by atoms with E-state index in [0.717, 1.165) is 60.6 Å². The summed E-state index contributed by atoms with van der Waals surface area (Å²) in [6.45, 7) is 6.70. The predicted octanol–water partition coefficient (Wildman–Crippen LogP) is 10.2. The molecule has 0 aliphatic rings. The van der Waals surface area contributed by atoms with Gasteiger partial charge in [0.15, 0.2) is 5.82 Å². The fraction of sp³-hybridized carbons (Fsp3) is 0.111. The maximum absolute atomic E-state index is 6.11. The van der Waals surface area contributed by atoms with Gasteiger partial charge in [-0.3, -0.25) is 0 Å². The van der Waals surface area contributed by atoms with Crippen LogP contribution >= 0.6 is 11.5 Å². The second-order valence-electron chi connectivity index (χ2n) is 11.6. The number of fused-ring (bicyclic) bond motifs is 6. The van der Waals surface area contributed by atoms with Gasteiger partial charge in [-0.05, 0) is 58.9 Å². The van der Waals surface area contributed by atoms with E-state index in [1.807, 2.05) is 12.1 Å². The van der Waals surface area contributed by atoms with Crippen LogP contribution in [0.3, 0.4) is 0 Å². The van der Waals surface area contributed by atoms with Gasteiger partial charge in [-0.25, -0.2) is 4.98 Å². The van der Waals surface area contributed by atoms with Crippen LogP contribution in [0.2, 0.25) is 0 Å². The molecule has 0 amide bonds. The number of furan rings is 1. The Labute approximate surface area is 241 Å². The molecule has 0 aliphatic carbocycles. The van der Waals surface area contributed by atoms with Gasteiger partial charge in [-0.1, -0.05) is 93.6 Å². The summed E-state index contributed by atoms with van der Waals surface area (Å²) in [4.78, 5) is 4.96. The minimum absolute atomic E-state index is 0.119. The lowest BCUT2D eigenvalue weighted by molar-refractivity contribution is 0.590. The van der Waals surface area contributed by atoms with E-state index in [9.17, 15) is 0 Å². The molecule has 0 atom stereocenters. The molecular formula is C36H27N3OS. The third-order valence-corrected chi connectivity index (χ3v) is 8.74. The van der Waals surface area contributed by atoms with Crippen LogP contribution in [0, 0.1) is 0 Å². The van der Waals surface area contributed by atoms with Crippen molar-refractivity contribution in [3.8, 4) is 27.6 Å². The van der Waals surface area contributed by atoms with Crippen molar-refractivity contribution in [2.75, 3.05) is 0 Å². The Morgan fingerprint density at radius 3 is 2.17 bits per heavy atom. The molecule has 0 saturated heterocycles. The molecule has 4 nitrogen and oxygen atoms in total. The monoisotopic (exact) mass is 549 g/mol. The highest BCUT2D eigenvalue weighted by atomic mass is 32.1. The first kappa shape index (κ1) is 24.1. The molecule has 0 unspecified atom stereocenters. The van der Waals surface area contributed by atoms with Crippen LogP contribution in [0.15, 0.2) is 114 Å². The van der Waals surface area contributed by atoms with E-state index in [0.29, 0.717) is 0 Å². The molecule has 3 aromatic heterocycles. The van der Waals surface area contributed by atoms with E-state index < -0.39 is 0 Å². The minimum atomic E-state index is 0.119. The zero-order valence-electron chi connectivity index (χ0n) is 23.1. The van der Waals surface area contributed by atoms with Crippen LogP contribution in [0.4, 0.5) is 0 Å². The van der Waals surface area contributed by atoms with Crippen LogP contribution in [0.5, 0.6) is 0 Å². The van der Waals surface area contributed by atoms with Crippen molar-refractivity contribution in [1.29, 1.82) is 0 Å². The van der Waals surface area contributed by atoms with Crippen LogP contribution in [0.1, 0.15) is 26.3 Å². The first-order chi connectivity index (χ1) is 19.9. The maximum atomic E-state index is 6.11. The summed E-state index contributed by atoms with van der Waals surface area (Å²) >= 11 is 1.45. The van der Waals surface area contributed by atoms with Crippen LogP contribution in [0.25, 0.3) is 71.4 Å². The SMILES string of the molecule is CC(C)(C)c1ccc(-c2nc(-c3ccc4c5ccccc5n(-c5ccc6oc7ccccc7c6c5)c4c3)ns2)cc1. The van der Waals surface area contributed by atoms with Gasteiger partial charge in [-0.2, -0.15) is 4.37 Å². The molecular weight excluding hydrogens is 522 g/mol. The zero-order valence-corrected chi connectivity index (χ0v) is 23.9.